The molecule has 5 heteroatoms. The van der Waals surface area contributed by atoms with E-state index >= 15 is 0 Å². The molecule has 0 bridgehead atoms. The second kappa shape index (κ2) is 7.87. The summed E-state index contributed by atoms with van der Waals surface area (Å²) in [6.07, 6.45) is 0.935. The van der Waals surface area contributed by atoms with Crippen LogP contribution in [0.3, 0.4) is 0 Å². The fourth-order valence-electron chi connectivity index (χ4n) is 1.20. The molecule has 0 unspecified atom stereocenters. The Balaban J connectivity index is 5.17. The third-order valence-corrected chi connectivity index (χ3v) is 1.95. The summed E-state index contributed by atoms with van der Waals surface area (Å²) in [6, 6.07) is 0. The molecule has 92 valence electrons. The zero-order chi connectivity index (χ0) is 12.6. The average Bonchev–Trinajstić information content (AvgIpc) is 2.28. The first-order valence-corrected chi connectivity index (χ1v) is 4.99. The molecule has 0 spiro atoms. The molecule has 0 rings (SSSR count). The standard InChI is InChI=1S/C11H18O5/c1-5-6-8(12)10(11(13)16-4)9(15-3)7-14-2/h5-7H2,1-4H3. The van der Waals surface area contributed by atoms with Gasteiger partial charge < -0.3 is 14.2 Å². The highest BCUT2D eigenvalue weighted by atomic mass is 16.5. The van der Waals surface area contributed by atoms with Crippen LogP contribution in [-0.2, 0) is 23.8 Å². The first-order chi connectivity index (χ1) is 7.62. The van der Waals surface area contributed by atoms with Crippen LogP contribution in [-0.4, -0.2) is 39.7 Å². The predicted molar refractivity (Wildman–Crippen MR) is 57.8 cm³/mol. The molecule has 0 atom stereocenters. The summed E-state index contributed by atoms with van der Waals surface area (Å²) in [6.45, 7) is 1.92. The van der Waals surface area contributed by atoms with Crippen LogP contribution in [0, 0.1) is 0 Å². The molecule has 0 aliphatic heterocycles. The van der Waals surface area contributed by atoms with E-state index < -0.39 is 5.97 Å². The highest BCUT2D eigenvalue weighted by Crippen LogP contribution is 2.12. The molecule has 0 heterocycles. The van der Waals surface area contributed by atoms with Crippen molar-refractivity contribution in [3.63, 3.8) is 0 Å². The molecule has 0 aromatic rings. The van der Waals surface area contributed by atoms with Crippen LogP contribution < -0.4 is 0 Å². The average molecular weight is 230 g/mol. The number of esters is 1. The second-order valence-corrected chi connectivity index (χ2v) is 3.10. The summed E-state index contributed by atoms with van der Waals surface area (Å²) in [7, 11) is 4.07. The lowest BCUT2D eigenvalue weighted by atomic mass is 10.1. The largest absolute Gasteiger partial charge is 0.498 e. The third kappa shape index (κ3) is 4.02. The van der Waals surface area contributed by atoms with Gasteiger partial charge in [-0.05, 0) is 6.42 Å². The van der Waals surface area contributed by atoms with Crippen LogP contribution in [0.1, 0.15) is 19.8 Å². The van der Waals surface area contributed by atoms with Gasteiger partial charge in [0.15, 0.2) is 5.78 Å². The van der Waals surface area contributed by atoms with Crippen molar-refractivity contribution in [3.05, 3.63) is 11.3 Å². The number of ketones is 1. The minimum Gasteiger partial charge on any atom is -0.498 e. The van der Waals surface area contributed by atoms with Gasteiger partial charge in [-0.2, -0.15) is 0 Å². The quantitative estimate of drug-likeness (QED) is 0.215. The number of ether oxygens (including phenoxy) is 3. The number of carbonyl (C=O) groups excluding carboxylic acids is 2. The summed E-state index contributed by atoms with van der Waals surface area (Å²) in [5, 5.41) is 0. The van der Waals surface area contributed by atoms with E-state index in [2.05, 4.69) is 4.74 Å². The third-order valence-electron chi connectivity index (χ3n) is 1.95. The maximum atomic E-state index is 11.7. The number of rotatable bonds is 7. The normalized spacial score (nSPS) is 11.8. The molecule has 0 amide bonds. The van der Waals surface area contributed by atoms with Crippen molar-refractivity contribution in [1.82, 2.24) is 0 Å². The van der Waals surface area contributed by atoms with Crippen molar-refractivity contribution < 1.29 is 23.8 Å². The monoisotopic (exact) mass is 230 g/mol. The number of carbonyl (C=O) groups is 2. The van der Waals surface area contributed by atoms with Crippen molar-refractivity contribution in [1.29, 1.82) is 0 Å². The van der Waals surface area contributed by atoms with Crippen LogP contribution in [0.4, 0.5) is 0 Å². The highest BCUT2D eigenvalue weighted by molar-refractivity contribution is 6.17. The lowest BCUT2D eigenvalue weighted by Gasteiger charge is -2.10. The number of hydrogen-bond acceptors (Lipinski definition) is 5. The van der Waals surface area contributed by atoms with Crippen molar-refractivity contribution in [2.45, 2.75) is 19.8 Å². The van der Waals surface area contributed by atoms with Gasteiger partial charge in [-0.1, -0.05) is 6.92 Å². The molecular weight excluding hydrogens is 212 g/mol. The van der Waals surface area contributed by atoms with Crippen LogP contribution in [0.5, 0.6) is 0 Å². The smallest absolute Gasteiger partial charge is 0.345 e. The highest BCUT2D eigenvalue weighted by Gasteiger charge is 2.24. The number of hydrogen-bond donors (Lipinski definition) is 0. The van der Waals surface area contributed by atoms with Crippen molar-refractivity contribution in [2.75, 3.05) is 27.9 Å². The SMILES string of the molecule is CCCC(=O)C(C(=O)OC)=C(COC)OC. The maximum Gasteiger partial charge on any atom is 0.345 e. The molecule has 0 fully saturated rings. The lowest BCUT2D eigenvalue weighted by Crippen LogP contribution is -2.19. The topological polar surface area (TPSA) is 61.8 Å². The zero-order valence-corrected chi connectivity index (χ0v) is 10.2. The van der Waals surface area contributed by atoms with Gasteiger partial charge in [0.1, 0.15) is 17.9 Å². The van der Waals surface area contributed by atoms with E-state index in [1.165, 1.54) is 21.3 Å². The molecule has 0 saturated carbocycles. The molecule has 0 radical (unpaired) electrons. The Morgan fingerprint density at radius 3 is 2.06 bits per heavy atom. The molecule has 5 nitrogen and oxygen atoms in total. The Kier molecular flexibility index (Phi) is 7.20. The lowest BCUT2D eigenvalue weighted by molar-refractivity contribution is -0.138. The van der Waals surface area contributed by atoms with E-state index in [0.29, 0.717) is 6.42 Å². The summed E-state index contributed by atoms with van der Waals surface area (Å²) in [4.78, 5) is 23.2. The fourth-order valence-corrected chi connectivity index (χ4v) is 1.20. The van der Waals surface area contributed by atoms with E-state index in [1.54, 1.807) is 0 Å². The van der Waals surface area contributed by atoms with Gasteiger partial charge in [-0.15, -0.1) is 0 Å². The second-order valence-electron chi connectivity index (χ2n) is 3.10. The summed E-state index contributed by atoms with van der Waals surface area (Å²) >= 11 is 0. The molecule has 0 saturated heterocycles. The minimum absolute atomic E-state index is 0.0614. The summed E-state index contributed by atoms with van der Waals surface area (Å²) in [5.41, 5.74) is -0.0614. The Morgan fingerprint density at radius 1 is 1.06 bits per heavy atom. The molecule has 0 aliphatic carbocycles. The molecule has 0 aromatic carbocycles. The van der Waals surface area contributed by atoms with Gasteiger partial charge in [0.2, 0.25) is 0 Å². The summed E-state index contributed by atoms with van der Waals surface area (Å²) in [5.74, 6) is -0.775. The van der Waals surface area contributed by atoms with E-state index in [-0.39, 0.29) is 30.1 Å². The molecule has 16 heavy (non-hydrogen) atoms. The first-order valence-electron chi connectivity index (χ1n) is 4.99. The first kappa shape index (κ1) is 14.6. The van der Waals surface area contributed by atoms with Gasteiger partial charge in [0.25, 0.3) is 0 Å². The Hall–Kier alpha value is -1.36. The zero-order valence-electron chi connectivity index (χ0n) is 10.2. The molecule has 0 N–H and O–H groups in total. The summed E-state index contributed by atoms with van der Waals surface area (Å²) < 4.78 is 14.4. The van der Waals surface area contributed by atoms with Crippen molar-refractivity contribution in [3.8, 4) is 0 Å². The maximum absolute atomic E-state index is 11.7. The van der Waals surface area contributed by atoms with E-state index in [0.717, 1.165) is 0 Å². The van der Waals surface area contributed by atoms with E-state index in [9.17, 15) is 9.59 Å². The number of Topliss-reactive ketones (excluding diaryl/α,β-unsaturated/α-hetero) is 1. The van der Waals surface area contributed by atoms with Gasteiger partial charge in [0, 0.05) is 13.5 Å². The molecular formula is C11H18O5. The minimum atomic E-state index is -0.688. The van der Waals surface area contributed by atoms with E-state index in [1.807, 2.05) is 6.92 Å². The van der Waals surface area contributed by atoms with Gasteiger partial charge >= 0.3 is 5.97 Å². The Bertz CT molecular complexity index is 280. The van der Waals surface area contributed by atoms with Crippen molar-refractivity contribution >= 4 is 11.8 Å². The van der Waals surface area contributed by atoms with Crippen molar-refractivity contribution in [2.24, 2.45) is 0 Å². The van der Waals surface area contributed by atoms with E-state index in [4.69, 9.17) is 9.47 Å². The van der Waals surface area contributed by atoms with Crippen LogP contribution >= 0.6 is 0 Å². The molecule has 0 aliphatic rings. The van der Waals surface area contributed by atoms with Crippen LogP contribution in [0.15, 0.2) is 11.3 Å². The van der Waals surface area contributed by atoms with Gasteiger partial charge in [-0.3, -0.25) is 4.79 Å². The molecule has 0 aromatic heterocycles. The van der Waals surface area contributed by atoms with Gasteiger partial charge in [0.05, 0.1) is 14.2 Å². The van der Waals surface area contributed by atoms with Crippen LogP contribution in [0.25, 0.3) is 0 Å². The van der Waals surface area contributed by atoms with Crippen LogP contribution in [0.2, 0.25) is 0 Å². The number of methoxy groups -OCH3 is 3. The fraction of sp³-hybridized carbons (Fsp3) is 0.636. The van der Waals surface area contributed by atoms with Gasteiger partial charge in [-0.25, -0.2) is 4.79 Å². The Morgan fingerprint density at radius 2 is 1.69 bits per heavy atom. The predicted octanol–water partition coefficient (Wildman–Crippen LogP) is 1.08. The Labute approximate surface area is 95.4 Å².